The lowest BCUT2D eigenvalue weighted by Gasteiger charge is -2.28. The van der Waals surface area contributed by atoms with Crippen LogP contribution in [-0.2, 0) is 10.0 Å². The molecule has 0 unspecified atom stereocenters. The van der Waals surface area contributed by atoms with Crippen LogP contribution in [-0.4, -0.2) is 33.2 Å². The lowest BCUT2D eigenvalue weighted by Crippen LogP contribution is -2.37. The summed E-state index contributed by atoms with van der Waals surface area (Å²) < 4.78 is 31.4. The minimum atomic E-state index is -3.23. The summed E-state index contributed by atoms with van der Waals surface area (Å²) in [4.78, 5) is 12.4. The molecule has 0 bridgehead atoms. The Morgan fingerprint density at radius 1 is 1.07 bits per heavy atom. The van der Waals surface area contributed by atoms with Crippen molar-refractivity contribution in [3.63, 3.8) is 0 Å². The van der Waals surface area contributed by atoms with E-state index in [1.165, 1.54) is 4.31 Å². The van der Waals surface area contributed by atoms with E-state index >= 15 is 0 Å². The monoisotopic (exact) mass is 402 g/mol. The maximum atomic E-state index is 12.4. The SMILES string of the molecule is CCCCOc1ccc(C(=O)Nc2ccc(N3CCCCS3(=O)=O)cc2)cc1. The van der Waals surface area contributed by atoms with Crippen LogP contribution in [0.3, 0.4) is 0 Å². The van der Waals surface area contributed by atoms with Gasteiger partial charge in [0.25, 0.3) is 5.91 Å². The number of benzene rings is 2. The molecule has 1 aliphatic rings. The van der Waals surface area contributed by atoms with Crippen molar-refractivity contribution < 1.29 is 17.9 Å². The summed E-state index contributed by atoms with van der Waals surface area (Å²) in [5, 5.41) is 2.83. The van der Waals surface area contributed by atoms with Crippen LogP contribution >= 0.6 is 0 Å². The van der Waals surface area contributed by atoms with E-state index < -0.39 is 10.0 Å². The van der Waals surface area contributed by atoms with Crippen LogP contribution in [0.4, 0.5) is 11.4 Å². The zero-order valence-electron chi connectivity index (χ0n) is 16.1. The number of carbonyl (C=O) groups excluding carboxylic acids is 1. The van der Waals surface area contributed by atoms with Crippen LogP contribution in [0.15, 0.2) is 48.5 Å². The van der Waals surface area contributed by atoms with Crippen molar-refractivity contribution in [2.24, 2.45) is 0 Å². The van der Waals surface area contributed by atoms with Crippen molar-refractivity contribution in [1.29, 1.82) is 0 Å². The Kier molecular flexibility index (Phi) is 6.57. The van der Waals surface area contributed by atoms with Crippen molar-refractivity contribution in [1.82, 2.24) is 0 Å². The van der Waals surface area contributed by atoms with Crippen LogP contribution in [0.25, 0.3) is 0 Å². The molecule has 6 nitrogen and oxygen atoms in total. The van der Waals surface area contributed by atoms with Crippen molar-refractivity contribution in [3.05, 3.63) is 54.1 Å². The molecule has 0 saturated carbocycles. The summed E-state index contributed by atoms with van der Waals surface area (Å²) in [7, 11) is -3.23. The molecule has 150 valence electrons. The molecule has 0 aromatic heterocycles. The van der Waals surface area contributed by atoms with Gasteiger partial charge >= 0.3 is 0 Å². The quantitative estimate of drug-likeness (QED) is 0.709. The van der Waals surface area contributed by atoms with E-state index in [4.69, 9.17) is 4.74 Å². The minimum absolute atomic E-state index is 0.184. The van der Waals surface area contributed by atoms with Gasteiger partial charge in [0.05, 0.1) is 18.0 Å². The fraction of sp³-hybridized carbons (Fsp3) is 0.381. The number of hydrogen-bond donors (Lipinski definition) is 1. The predicted octanol–water partition coefficient (Wildman–Crippen LogP) is 4.05. The molecule has 1 heterocycles. The average molecular weight is 403 g/mol. The number of ether oxygens (including phenoxy) is 1. The summed E-state index contributed by atoms with van der Waals surface area (Å²) in [5.74, 6) is 0.708. The van der Waals surface area contributed by atoms with Crippen molar-refractivity contribution >= 4 is 27.3 Å². The van der Waals surface area contributed by atoms with Gasteiger partial charge in [-0.05, 0) is 67.8 Å². The number of sulfonamides is 1. The molecule has 1 aliphatic heterocycles. The average Bonchev–Trinajstić information content (AvgIpc) is 2.69. The molecule has 1 fully saturated rings. The second-order valence-electron chi connectivity index (χ2n) is 6.82. The fourth-order valence-electron chi connectivity index (χ4n) is 3.03. The highest BCUT2D eigenvalue weighted by Gasteiger charge is 2.25. The molecule has 2 aromatic rings. The number of amides is 1. The zero-order chi connectivity index (χ0) is 20.0. The van der Waals surface area contributed by atoms with Gasteiger partial charge < -0.3 is 10.1 Å². The molecule has 3 rings (SSSR count). The summed E-state index contributed by atoms with van der Waals surface area (Å²) in [6.07, 6.45) is 3.63. The minimum Gasteiger partial charge on any atom is -0.494 e. The van der Waals surface area contributed by atoms with Gasteiger partial charge in [-0.15, -0.1) is 0 Å². The van der Waals surface area contributed by atoms with Gasteiger partial charge in [-0.3, -0.25) is 9.10 Å². The Labute approximate surface area is 166 Å². The topological polar surface area (TPSA) is 75.7 Å². The number of hydrogen-bond acceptors (Lipinski definition) is 4. The van der Waals surface area contributed by atoms with Gasteiger partial charge in [0.2, 0.25) is 10.0 Å². The second kappa shape index (κ2) is 9.10. The predicted molar refractivity (Wildman–Crippen MR) is 112 cm³/mol. The number of nitrogens with zero attached hydrogens (tertiary/aromatic N) is 1. The second-order valence-corrected chi connectivity index (χ2v) is 8.84. The van der Waals surface area contributed by atoms with E-state index in [1.54, 1.807) is 48.5 Å². The Hall–Kier alpha value is -2.54. The molecular formula is C21H26N2O4S. The lowest BCUT2D eigenvalue weighted by molar-refractivity contribution is 0.102. The molecule has 1 saturated heterocycles. The Morgan fingerprint density at radius 2 is 1.79 bits per heavy atom. The van der Waals surface area contributed by atoms with Crippen LogP contribution in [0, 0.1) is 0 Å². The Morgan fingerprint density at radius 3 is 2.43 bits per heavy atom. The highest BCUT2D eigenvalue weighted by molar-refractivity contribution is 7.92. The molecule has 0 spiro atoms. The first-order valence-electron chi connectivity index (χ1n) is 9.64. The fourth-order valence-corrected chi connectivity index (χ4v) is 4.67. The number of rotatable bonds is 7. The summed E-state index contributed by atoms with van der Waals surface area (Å²) in [6, 6.07) is 13.9. The molecule has 1 N–H and O–H groups in total. The van der Waals surface area contributed by atoms with E-state index in [0.29, 0.717) is 36.5 Å². The Bertz CT molecular complexity index is 893. The number of anilines is 2. The lowest BCUT2D eigenvalue weighted by atomic mass is 10.2. The van der Waals surface area contributed by atoms with E-state index in [0.717, 1.165) is 25.0 Å². The highest BCUT2D eigenvalue weighted by atomic mass is 32.2. The summed E-state index contributed by atoms with van der Waals surface area (Å²) in [5.41, 5.74) is 1.78. The normalized spacial score (nSPS) is 15.8. The van der Waals surface area contributed by atoms with Crippen molar-refractivity contribution in [2.75, 3.05) is 28.5 Å². The largest absolute Gasteiger partial charge is 0.494 e. The van der Waals surface area contributed by atoms with Gasteiger partial charge in [0, 0.05) is 17.8 Å². The third-order valence-electron chi connectivity index (χ3n) is 4.65. The summed E-state index contributed by atoms with van der Waals surface area (Å²) in [6.45, 7) is 3.27. The van der Waals surface area contributed by atoms with E-state index in [9.17, 15) is 13.2 Å². The first-order valence-corrected chi connectivity index (χ1v) is 11.3. The highest BCUT2D eigenvalue weighted by Crippen LogP contribution is 2.25. The van der Waals surface area contributed by atoms with Gasteiger partial charge in [0.1, 0.15) is 5.75 Å². The number of unbranched alkanes of at least 4 members (excludes halogenated alkanes) is 1. The van der Waals surface area contributed by atoms with E-state index in [1.807, 2.05) is 0 Å². The molecule has 2 aromatic carbocycles. The van der Waals surface area contributed by atoms with Crippen molar-refractivity contribution in [2.45, 2.75) is 32.6 Å². The van der Waals surface area contributed by atoms with E-state index in [2.05, 4.69) is 12.2 Å². The van der Waals surface area contributed by atoms with Crippen LogP contribution < -0.4 is 14.4 Å². The maximum Gasteiger partial charge on any atom is 0.255 e. The summed E-state index contributed by atoms with van der Waals surface area (Å²) >= 11 is 0. The molecule has 0 aliphatic carbocycles. The van der Waals surface area contributed by atoms with E-state index in [-0.39, 0.29) is 11.7 Å². The van der Waals surface area contributed by atoms with Crippen LogP contribution in [0.2, 0.25) is 0 Å². The third kappa shape index (κ3) is 5.04. The van der Waals surface area contributed by atoms with Crippen LogP contribution in [0.5, 0.6) is 5.75 Å². The molecule has 1 amide bonds. The first-order chi connectivity index (χ1) is 13.5. The van der Waals surface area contributed by atoms with Crippen molar-refractivity contribution in [3.8, 4) is 5.75 Å². The smallest absolute Gasteiger partial charge is 0.255 e. The standard InChI is InChI=1S/C21H26N2O4S/c1-2-3-15-27-20-12-6-17(7-13-20)21(24)22-18-8-10-19(11-9-18)23-14-4-5-16-28(23,25)26/h6-13H,2-5,14-16H2,1H3,(H,22,24). The van der Waals surface area contributed by atoms with Gasteiger partial charge in [-0.1, -0.05) is 13.3 Å². The molecule has 0 radical (unpaired) electrons. The molecule has 28 heavy (non-hydrogen) atoms. The maximum absolute atomic E-state index is 12.4. The van der Waals surface area contributed by atoms with Crippen LogP contribution in [0.1, 0.15) is 43.0 Å². The molecule has 7 heteroatoms. The Balaban J connectivity index is 1.61. The van der Waals surface area contributed by atoms with Gasteiger partial charge in [-0.25, -0.2) is 8.42 Å². The number of carbonyl (C=O) groups is 1. The van der Waals surface area contributed by atoms with Gasteiger partial charge in [-0.2, -0.15) is 0 Å². The first kappa shape index (κ1) is 20.2. The molecular weight excluding hydrogens is 376 g/mol. The molecule has 0 atom stereocenters. The number of nitrogens with one attached hydrogen (secondary N) is 1. The third-order valence-corrected chi connectivity index (χ3v) is 6.52. The van der Waals surface area contributed by atoms with Gasteiger partial charge in [0.15, 0.2) is 0 Å². The zero-order valence-corrected chi connectivity index (χ0v) is 16.9.